The number of nitriles is 1. The first-order valence-corrected chi connectivity index (χ1v) is 8.69. The fourth-order valence-corrected chi connectivity index (χ4v) is 2.78. The summed E-state index contributed by atoms with van der Waals surface area (Å²) in [7, 11) is 3.35. The molecule has 0 aliphatic carbocycles. The van der Waals surface area contributed by atoms with Gasteiger partial charge in [-0.2, -0.15) is 10.4 Å². The van der Waals surface area contributed by atoms with Crippen molar-refractivity contribution in [3.8, 4) is 23.1 Å². The Kier molecular flexibility index (Phi) is 5.65. The lowest BCUT2D eigenvalue weighted by Crippen LogP contribution is -2.03. The number of hydrogen-bond donors (Lipinski definition) is 1. The highest BCUT2D eigenvalue weighted by Gasteiger charge is 2.15. The molecule has 0 aliphatic rings. The highest BCUT2D eigenvalue weighted by Crippen LogP contribution is 2.29. The summed E-state index contributed by atoms with van der Waals surface area (Å²) < 4.78 is 7.09. The Morgan fingerprint density at radius 3 is 2.86 bits per heavy atom. The number of aromatic nitrogens is 4. The Morgan fingerprint density at radius 1 is 1.36 bits per heavy atom. The van der Waals surface area contributed by atoms with Gasteiger partial charge in [0.15, 0.2) is 5.78 Å². The first-order chi connectivity index (χ1) is 13.5. The molecule has 8 nitrogen and oxygen atoms in total. The van der Waals surface area contributed by atoms with Crippen molar-refractivity contribution in [1.29, 1.82) is 5.26 Å². The molecular formula is C20H20N6O2. The number of carbonyl (C=O) groups is 1. The molecule has 0 aliphatic heterocycles. The summed E-state index contributed by atoms with van der Waals surface area (Å²) in [6.07, 6.45) is 5.59. The summed E-state index contributed by atoms with van der Waals surface area (Å²) in [6.45, 7) is 1.92. The molecule has 2 heterocycles. The molecule has 0 fully saturated rings. The third-order valence-corrected chi connectivity index (χ3v) is 4.17. The Balaban J connectivity index is 1.93. The van der Waals surface area contributed by atoms with Crippen LogP contribution in [0.2, 0.25) is 0 Å². The molecular weight excluding hydrogens is 356 g/mol. The summed E-state index contributed by atoms with van der Waals surface area (Å²) in [5.74, 6) is 0.783. The summed E-state index contributed by atoms with van der Waals surface area (Å²) in [4.78, 5) is 21.2. The molecule has 0 spiro atoms. The fraction of sp³-hybridized carbons (Fsp3) is 0.250. The number of aryl methyl sites for hydroxylation is 2. The molecule has 3 aromatic rings. The number of ketones is 1. The zero-order chi connectivity index (χ0) is 20.1. The van der Waals surface area contributed by atoms with E-state index in [0.717, 1.165) is 22.5 Å². The van der Waals surface area contributed by atoms with Crippen LogP contribution in [0.3, 0.4) is 0 Å². The number of ether oxygens (including phenoxy) is 1. The number of anilines is 2. The van der Waals surface area contributed by atoms with E-state index in [1.165, 1.54) is 7.11 Å². The van der Waals surface area contributed by atoms with E-state index in [2.05, 4.69) is 20.4 Å². The van der Waals surface area contributed by atoms with E-state index in [0.29, 0.717) is 17.3 Å². The van der Waals surface area contributed by atoms with Gasteiger partial charge in [0.25, 0.3) is 0 Å². The number of carbonyl (C=O) groups excluding carboxylic acids is 1. The Morgan fingerprint density at radius 2 is 2.18 bits per heavy atom. The second-order valence-corrected chi connectivity index (χ2v) is 6.25. The lowest BCUT2D eigenvalue weighted by molar-refractivity contribution is 0.0981. The molecule has 1 N–H and O–H groups in total. The molecule has 28 heavy (non-hydrogen) atoms. The first kappa shape index (κ1) is 19.0. The molecule has 0 amide bonds. The lowest BCUT2D eigenvalue weighted by atomic mass is 10.0. The van der Waals surface area contributed by atoms with Crippen LogP contribution < -0.4 is 10.1 Å². The van der Waals surface area contributed by atoms with Crippen molar-refractivity contribution in [3.63, 3.8) is 0 Å². The molecule has 142 valence electrons. The zero-order valence-corrected chi connectivity index (χ0v) is 15.9. The Bertz CT molecular complexity index is 1050. The van der Waals surface area contributed by atoms with Crippen LogP contribution in [-0.4, -0.2) is 32.6 Å². The molecule has 0 unspecified atom stereocenters. The van der Waals surface area contributed by atoms with Crippen molar-refractivity contribution in [1.82, 2.24) is 19.7 Å². The van der Waals surface area contributed by atoms with Crippen LogP contribution in [0.5, 0.6) is 5.75 Å². The molecule has 0 saturated carbocycles. The normalized spacial score (nSPS) is 10.4. The van der Waals surface area contributed by atoms with E-state index < -0.39 is 0 Å². The van der Waals surface area contributed by atoms with Crippen LogP contribution in [0.25, 0.3) is 11.3 Å². The van der Waals surface area contributed by atoms with Gasteiger partial charge < -0.3 is 10.1 Å². The fourth-order valence-electron chi connectivity index (χ4n) is 2.78. The SMILES string of the molecule is COc1cc(-c2nc(Nc3cnn(C)c3)ncc2C)ccc1C(=O)CCC#N. The van der Waals surface area contributed by atoms with Gasteiger partial charge in [0.1, 0.15) is 5.75 Å². The molecule has 3 rings (SSSR count). The zero-order valence-electron chi connectivity index (χ0n) is 15.9. The molecule has 1 aromatic carbocycles. The highest BCUT2D eigenvalue weighted by atomic mass is 16.5. The molecule has 0 atom stereocenters. The van der Waals surface area contributed by atoms with Gasteiger partial charge in [-0.25, -0.2) is 9.97 Å². The van der Waals surface area contributed by atoms with Crippen LogP contribution >= 0.6 is 0 Å². The Hall–Kier alpha value is -3.73. The van der Waals surface area contributed by atoms with Crippen molar-refractivity contribution in [2.24, 2.45) is 7.05 Å². The number of methoxy groups -OCH3 is 1. The van der Waals surface area contributed by atoms with Crippen LogP contribution in [0, 0.1) is 18.3 Å². The molecule has 0 bridgehead atoms. The number of hydrogen-bond acceptors (Lipinski definition) is 7. The van der Waals surface area contributed by atoms with E-state index in [1.807, 2.05) is 32.3 Å². The maximum Gasteiger partial charge on any atom is 0.227 e. The van der Waals surface area contributed by atoms with Gasteiger partial charge in [0.2, 0.25) is 5.95 Å². The molecule has 0 saturated heterocycles. The van der Waals surface area contributed by atoms with Crippen LogP contribution in [0.1, 0.15) is 28.8 Å². The first-order valence-electron chi connectivity index (χ1n) is 8.69. The predicted octanol–water partition coefficient (Wildman–Crippen LogP) is 3.42. The maximum absolute atomic E-state index is 12.3. The highest BCUT2D eigenvalue weighted by molar-refractivity contribution is 5.99. The van der Waals surface area contributed by atoms with Crippen LogP contribution in [0.4, 0.5) is 11.6 Å². The van der Waals surface area contributed by atoms with E-state index in [4.69, 9.17) is 10.00 Å². The monoisotopic (exact) mass is 376 g/mol. The summed E-state index contributed by atoms with van der Waals surface area (Å²) in [6, 6.07) is 7.30. The van der Waals surface area contributed by atoms with Crippen molar-refractivity contribution < 1.29 is 9.53 Å². The number of rotatable bonds is 7. The number of nitrogens with one attached hydrogen (secondary N) is 1. The van der Waals surface area contributed by atoms with Gasteiger partial charge in [0, 0.05) is 37.8 Å². The number of benzene rings is 1. The summed E-state index contributed by atoms with van der Waals surface area (Å²) >= 11 is 0. The van der Waals surface area contributed by atoms with Gasteiger partial charge in [-0.3, -0.25) is 9.48 Å². The van der Waals surface area contributed by atoms with Gasteiger partial charge in [0.05, 0.1) is 36.3 Å². The van der Waals surface area contributed by atoms with Gasteiger partial charge >= 0.3 is 0 Å². The second-order valence-electron chi connectivity index (χ2n) is 6.25. The minimum Gasteiger partial charge on any atom is -0.496 e. The lowest BCUT2D eigenvalue weighted by Gasteiger charge is -2.12. The molecule has 8 heteroatoms. The molecule has 0 radical (unpaired) electrons. The van der Waals surface area contributed by atoms with Crippen LogP contribution in [0.15, 0.2) is 36.8 Å². The minimum absolute atomic E-state index is 0.122. The van der Waals surface area contributed by atoms with Crippen molar-refractivity contribution in [2.45, 2.75) is 19.8 Å². The number of nitrogens with zero attached hydrogens (tertiary/aromatic N) is 5. The molecule has 2 aromatic heterocycles. The Labute approximate surface area is 162 Å². The van der Waals surface area contributed by atoms with Gasteiger partial charge in [-0.15, -0.1) is 0 Å². The van der Waals surface area contributed by atoms with Gasteiger partial charge in [-0.05, 0) is 24.6 Å². The van der Waals surface area contributed by atoms with E-state index in [1.54, 1.807) is 29.2 Å². The summed E-state index contributed by atoms with van der Waals surface area (Å²) in [5, 5.41) is 15.9. The summed E-state index contributed by atoms with van der Waals surface area (Å²) in [5.41, 5.74) is 3.68. The minimum atomic E-state index is -0.122. The number of Topliss-reactive ketones (excluding diaryl/α,β-unsaturated/α-hetero) is 1. The third-order valence-electron chi connectivity index (χ3n) is 4.17. The van der Waals surface area contributed by atoms with E-state index >= 15 is 0 Å². The maximum atomic E-state index is 12.3. The van der Waals surface area contributed by atoms with E-state index in [-0.39, 0.29) is 18.6 Å². The van der Waals surface area contributed by atoms with Crippen molar-refractivity contribution in [3.05, 3.63) is 47.9 Å². The third kappa shape index (κ3) is 4.15. The average Bonchev–Trinajstić information content (AvgIpc) is 3.11. The van der Waals surface area contributed by atoms with Crippen LogP contribution in [-0.2, 0) is 7.05 Å². The van der Waals surface area contributed by atoms with Crippen molar-refractivity contribution in [2.75, 3.05) is 12.4 Å². The van der Waals surface area contributed by atoms with Crippen molar-refractivity contribution >= 4 is 17.4 Å². The average molecular weight is 376 g/mol. The van der Waals surface area contributed by atoms with Gasteiger partial charge in [-0.1, -0.05) is 6.07 Å². The second kappa shape index (κ2) is 8.31. The largest absolute Gasteiger partial charge is 0.496 e. The quantitative estimate of drug-likeness (QED) is 0.630. The predicted molar refractivity (Wildman–Crippen MR) is 104 cm³/mol. The topological polar surface area (TPSA) is 106 Å². The van der Waals surface area contributed by atoms with E-state index in [9.17, 15) is 4.79 Å². The standard InChI is InChI=1S/C20H20N6O2/c1-13-10-22-20(24-15-11-23-26(2)12-15)25-19(13)14-6-7-16(18(9-14)28-3)17(27)5-4-8-21/h6-7,9-12H,4-5H2,1-3H3,(H,22,24,25). The smallest absolute Gasteiger partial charge is 0.227 e.